The van der Waals surface area contributed by atoms with E-state index in [0.717, 1.165) is 6.42 Å². The molecule has 0 fully saturated rings. The van der Waals surface area contributed by atoms with Crippen molar-refractivity contribution in [1.29, 1.82) is 0 Å². The molecule has 0 saturated carbocycles. The highest BCUT2D eigenvalue weighted by molar-refractivity contribution is 4.71. The second-order valence-corrected chi connectivity index (χ2v) is 10.8. The maximum Gasteiger partial charge on any atom is 0.101 e. The van der Waals surface area contributed by atoms with Gasteiger partial charge in [-0.2, -0.15) is 0 Å². The van der Waals surface area contributed by atoms with Crippen molar-refractivity contribution in [2.75, 3.05) is 47.1 Å². The van der Waals surface area contributed by atoms with Gasteiger partial charge in [0.2, 0.25) is 0 Å². The molecule has 0 radical (unpaired) electrons. The molecule has 7 nitrogen and oxygen atoms in total. The van der Waals surface area contributed by atoms with Crippen LogP contribution in [0.2, 0.25) is 0 Å². The zero-order valence-electron chi connectivity index (χ0n) is 23.9. The van der Waals surface area contributed by atoms with Gasteiger partial charge in [-0.1, -0.05) is 103 Å². The Balaban J connectivity index is 3.66. The number of hydrogen-bond donors (Lipinski definition) is 4. The van der Waals surface area contributed by atoms with Crippen LogP contribution < -0.4 is 0 Å². The SMILES string of the molecule is CCCCCCCCCCCCCCCCCC(CC(O)COCC(O)COCC(O)CO)N(C)C. The first-order valence-electron chi connectivity index (χ1n) is 14.9. The lowest BCUT2D eigenvalue weighted by atomic mass is 10.00. The Labute approximate surface area is 222 Å². The summed E-state index contributed by atoms with van der Waals surface area (Å²) >= 11 is 0. The fourth-order valence-corrected chi connectivity index (χ4v) is 4.50. The Morgan fingerprint density at radius 2 is 0.944 bits per heavy atom. The first kappa shape index (κ1) is 35.7. The predicted molar refractivity (Wildman–Crippen MR) is 148 cm³/mol. The average molecular weight is 520 g/mol. The van der Waals surface area contributed by atoms with Gasteiger partial charge in [0.05, 0.1) is 39.1 Å². The number of rotatable bonds is 28. The molecular formula is C29H61NO6. The summed E-state index contributed by atoms with van der Waals surface area (Å²) in [4.78, 5) is 2.18. The fraction of sp³-hybridized carbons (Fsp3) is 1.00. The minimum atomic E-state index is -0.938. The number of aliphatic hydroxyl groups is 4. The number of hydrogen-bond acceptors (Lipinski definition) is 7. The molecule has 0 heterocycles. The number of nitrogens with zero attached hydrogens (tertiary/aromatic N) is 1. The predicted octanol–water partition coefficient (Wildman–Crippen LogP) is 4.68. The molecule has 4 N–H and O–H groups in total. The molecule has 0 spiro atoms. The number of aliphatic hydroxyl groups excluding tert-OH is 4. The number of unbranched alkanes of at least 4 members (excludes halogenated alkanes) is 14. The third-order valence-electron chi connectivity index (χ3n) is 6.87. The van der Waals surface area contributed by atoms with Crippen LogP contribution in [-0.4, -0.2) is 96.8 Å². The maximum absolute atomic E-state index is 10.4. The molecule has 0 amide bonds. The fourth-order valence-electron chi connectivity index (χ4n) is 4.50. The Bertz CT molecular complexity index is 440. The summed E-state index contributed by atoms with van der Waals surface area (Å²) < 4.78 is 10.6. The van der Waals surface area contributed by atoms with E-state index in [2.05, 4.69) is 25.9 Å². The number of ether oxygens (including phenoxy) is 2. The molecule has 4 atom stereocenters. The van der Waals surface area contributed by atoms with Crippen LogP contribution in [0.1, 0.15) is 116 Å². The third-order valence-corrected chi connectivity index (χ3v) is 6.87. The zero-order chi connectivity index (χ0) is 26.9. The van der Waals surface area contributed by atoms with E-state index in [4.69, 9.17) is 14.6 Å². The van der Waals surface area contributed by atoms with Crippen LogP contribution in [0.3, 0.4) is 0 Å². The van der Waals surface area contributed by atoms with Gasteiger partial charge < -0.3 is 34.8 Å². The highest BCUT2D eigenvalue weighted by Gasteiger charge is 2.17. The van der Waals surface area contributed by atoms with Crippen molar-refractivity contribution in [3.63, 3.8) is 0 Å². The van der Waals surface area contributed by atoms with E-state index in [9.17, 15) is 15.3 Å². The molecule has 218 valence electrons. The van der Waals surface area contributed by atoms with Crippen LogP contribution >= 0.6 is 0 Å². The summed E-state index contributed by atoms with van der Waals surface area (Å²) in [6.07, 6.45) is 19.9. The smallest absolute Gasteiger partial charge is 0.101 e. The summed E-state index contributed by atoms with van der Waals surface area (Å²) in [6.45, 7) is 2.15. The minimum Gasteiger partial charge on any atom is -0.394 e. The van der Waals surface area contributed by atoms with Gasteiger partial charge in [-0.3, -0.25) is 0 Å². The van der Waals surface area contributed by atoms with E-state index in [-0.39, 0.29) is 33.0 Å². The second-order valence-electron chi connectivity index (χ2n) is 10.8. The quantitative estimate of drug-likeness (QED) is 0.111. The largest absolute Gasteiger partial charge is 0.394 e. The summed E-state index contributed by atoms with van der Waals surface area (Å²) in [5, 5.41) is 38.1. The summed E-state index contributed by atoms with van der Waals surface area (Å²) in [6, 6.07) is 0.318. The van der Waals surface area contributed by atoms with Crippen molar-refractivity contribution in [2.24, 2.45) is 0 Å². The summed E-state index contributed by atoms with van der Waals surface area (Å²) in [5.74, 6) is 0. The van der Waals surface area contributed by atoms with Gasteiger partial charge in [-0.25, -0.2) is 0 Å². The lowest BCUT2D eigenvalue weighted by Crippen LogP contribution is -2.34. The molecule has 0 rings (SSSR count). The van der Waals surface area contributed by atoms with Crippen LogP contribution in [-0.2, 0) is 9.47 Å². The Hall–Kier alpha value is -0.280. The van der Waals surface area contributed by atoms with Crippen LogP contribution in [0, 0.1) is 0 Å². The van der Waals surface area contributed by atoms with Crippen LogP contribution in [0.4, 0.5) is 0 Å². The van der Waals surface area contributed by atoms with Crippen molar-refractivity contribution in [1.82, 2.24) is 4.90 Å². The topological polar surface area (TPSA) is 103 Å². The van der Waals surface area contributed by atoms with E-state index in [1.807, 2.05) is 0 Å². The van der Waals surface area contributed by atoms with Crippen LogP contribution in [0.15, 0.2) is 0 Å². The van der Waals surface area contributed by atoms with E-state index in [1.165, 1.54) is 96.3 Å². The van der Waals surface area contributed by atoms with Gasteiger partial charge in [0.15, 0.2) is 0 Å². The highest BCUT2D eigenvalue weighted by Crippen LogP contribution is 2.16. The van der Waals surface area contributed by atoms with Gasteiger partial charge in [-0.15, -0.1) is 0 Å². The monoisotopic (exact) mass is 519 g/mol. The minimum absolute atomic E-state index is 0.0205. The van der Waals surface area contributed by atoms with Crippen molar-refractivity contribution >= 4 is 0 Å². The van der Waals surface area contributed by atoms with Crippen LogP contribution in [0.25, 0.3) is 0 Å². The standard InChI is InChI=1S/C29H61NO6/c1-4-5-6-7-8-9-10-11-12-13-14-15-16-17-18-19-26(30(2)3)20-27(32)22-35-24-29(34)25-36-23-28(33)21-31/h26-29,31-34H,4-25H2,1-3H3. The lowest BCUT2D eigenvalue weighted by molar-refractivity contribution is -0.0603. The van der Waals surface area contributed by atoms with E-state index >= 15 is 0 Å². The normalized spacial score (nSPS) is 15.3. The molecule has 36 heavy (non-hydrogen) atoms. The van der Waals surface area contributed by atoms with Crippen molar-refractivity contribution in [3.05, 3.63) is 0 Å². The molecule has 0 bridgehead atoms. The summed E-state index contributed by atoms with van der Waals surface area (Å²) in [5.41, 5.74) is 0. The van der Waals surface area contributed by atoms with E-state index < -0.39 is 18.3 Å². The molecular weight excluding hydrogens is 458 g/mol. The van der Waals surface area contributed by atoms with Crippen molar-refractivity contribution < 1.29 is 29.9 Å². The van der Waals surface area contributed by atoms with Crippen molar-refractivity contribution in [3.8, 4) is 0 Å². The zero-order valence-corrected chi connectivity index (χ0v) is 23.9. The molecule has 0 aromatic heterocycles. The first-order chi connectivity index (χ1) is 17.4. The second kappa shape index (κ2) is 26.3. The Morgan fingerprint density at radius 3 is 1.36 bits per heavy atom. The summed E-state index contributed by atoms with van der Waals surface area (Å²) in [7, 11) is 4.12. The van der Waals surface area contributed by atoms with Crippen molar-refractivity contribution in [2.45, 2.75) is 140 Å². The van der Waals surface area contributed by atoms with Gasteiger partial charge in [0, 0.05) is 6.04 Å². The molecule has 0 aromatic rings. The Morgan fingerprint density at radius 1 is 0.556 bits per heavy atom. The molecule has 4 unspecified atom stereocenters. The lowest BCUT2D eigenvalue weighted by Gasteiger charge is -2.27. The van der Waals surface area contributed by atoms with Gasteiger partial charge in [-0.05, 0) is 26.9 Å². The molecule has 0 aliphatic carbocycles. The molecule has 0 aromatic carbocycles. The first-order valence-corrected chi connectivity index (χ1v) is 14.9. The van der Waals surface area contributed by atoms with Gasteiger partial charge >= 0.3 is 0 Å². The van der Waals surface area contributed by atoms with Gasteiger partial charge in [0.1, 0.15) is 12.2 Å². The average Bonchev–Trinajstić information content (AvgIpc) is 2.85. The Kier molecular flexibility index (Phi) is 26.1. The third kappa shape index (κ3) is 24.1. The molecule has 0 aliphatic rings. The maximum atomic E-state index is 10.4. The molecule has 7 heteroatoms. The van der Waals surface area contributed by atoms with E-state index in [0.29, 0.717) is 12.5 Å². The highest BCUT2D eigenvalue weighted by atomic mass is 16.5. The van der Waals surface area contributed by atoms with Crippen LogP contribution in [0.5, 0.6) is 0 Å². The molecule has 0 aliphatic heterocycles. The van der Waals surface area contributed by atoms with E-state index in [1.54, 1.807) is 0 Å². The molecule has 0 saturated heterocycles. The van der Waals surface area contributed by atoms with Gasteiger partial charge in [0.25, 0.3) is 0 Å².